The number of benzene rings is 1. The van der Waals surface area contributed by atoms with E-state index in [9.17, 15) is 5.11 Å². The summed E-state index contributed by atoms with van der Waals surface area (Å²) >= 11 is 1.62. The minimum atomic E-state index is 0.0150. The lowest BCUT2D eigenvalue weighted by Crippen LogP contribution is -1.81. The molecule has 0 fully saturated rings. The summed E-state index contributed by atoms with van der Waals surface area (Å²) in [6.45, 7) is 0. The van der Waals surface area contributed by atoms with E-state index in [-0.39, 0.29) is 5.75 Å². The molecule has 1 aliphatic heterocycles. The summed E-state index contributed by atoms with van der Waals surface area (Å²) in [4.78, 5) is 1.07. The van der Waals surface area contributed by atoms with Crippen molar-refractivity contribution in [1.29, 1.82) is 0 Å². The summed E-state index contributed by atoms with van der Waals surface area (Å²) in [5.74, 6) is 1.39. The van der Waals surface area contributed by atoms with Crippen molar-refractivity contribution in [1.82, 2.24) is 0 Å². The zero-order valence-electron chi connectivity index (χ0n) is 5.16. The van der Waals surface area contributed by atoms with Crippen LogP contribution < -0.4 is 4.74 Å². The van der Waals surface area contributed by atoms with Gasteiger partial charge in [0.25, 0.3) is 0 Å². The molecule has 2 nitrogen and oxygen atoms in total. The van der Waals surface area contributed by atoms with E-state index in [4.69, 9.17) is 4.74 Å². The minimum absolute atomic E-state index is 0.0150. The number of fused-ring (bicyclic) bond motifs is 1. The van der Waals surface area contributed by atoms with Gasteiger partial charge >= 0.3 is 0 Å². The normalized spacial score (nSPS) is 14.4. The highest BCUT2D eigenvalue weighted by molar-refractivity contribution is 7.99. The van der Waals surface area contributed by atoms with Gasteiger partial charge in [-0.05, 0) is 12.1 Å². The molecule has 3 heteroatoms. The smallest absolute Gasteiger partial charge is 0.182 e. The van der Waals surface area contributed by atoms with Crippen LogP contribution >= 0.6 is 11.8 Å². The van der Waals surface area contributed by atoms with Crippen molar-refractivity contribution >= 4 is 11.8 Å². The summed E-state index contributed by atoms with van der Waals surface area (Å²) < 4.78 is 5.14. The standard InChI is InChI=1S/C7H5O2S/c8-5-1-2-7-6(3-5)9-4-10-7/h1-3H,4H2. The van der Waals surface area contributed by atoms with Crippen molar-refractivity contribution < 1.29 is 9.84 Å². The molecule has 0 bridgehead atoms. The van der Waals surface area contributed by atoms with Gasteiger partial charge in [0.15, 0.2) is 5.75 Å². The number of hydrogen-bond donors (Lipinski definition) is 0. The lowest BCUT2D eigenvalue weighted by Gasteiger charge is -1.94. The zero-order chi connectivity index (χ0) is 6.97. The summed E-state index contributed by atoms with van der Waals surface area (Å²) in [7, 11) is 0. The fraction of sp³-hybridized carbons (Fsp3) is 0.143. The van der Waals surface area contributed by atoms with E-state index in [1.165, 1.54) is 6.07 Å². The second-order valence-electron chi connectivity index (χ2n) is 2.02. The van der Waals surface area contributed by atoms with Crippen molar-refractivity contribution in [3.63, 3.8) is 0 Å². The van der Waals surface area contributed by atoms with Gasteiger partial charge in [0, 0.05) is 6.07 Å². The van der Waals surface area contributed by atoms with Gasteiger partial charge in [0.05, 0.1) is 4.90 Å². The van der Waals surface area contributed by atoms with Crippen LogP contribution in [0.1, 0.15) is 0 Å². The molecular weight excluding hydrogens is 148 g/mol. The number of thioether (sulfide) groups is 1. The van der Waals surface area contributed by atoms with Crippen LogP contribution in [0, 0.1) is 0 Å². The Hall–Kier alpha value is -0.830. The first kappa shape index (κ1) is 5.92. The maximum atomic E-state index is 10.7. The molecule has 1 aromatic carbocycles. The van der Waals surface area contributed by atoms with Crippen LogP contribution in [0.15, 0.2) is 23.1 Å². The van der Waals surface area contributed by atoms with Crippen molar-refractivity contribution in [3.8, 4) is 11.5 Å². The predicted molar refractivity (Wildman–Crippen MR) is 37.9 cm³/mol. The topological polar surface area (TPSA) is 29.1 Å². The van der Waals surface area contributed by atoms with Gasteiger partial charge in [-0.2, -0.15) is 0 Å². The molecule has 51 valence electrons. The molecule has 1 aliphatic rings. The Morgan fingerprint density at radius 3 is 3.30 bits per heavy atom. The van der Waals surface area contributed by atoms with Crippen molar-refractivity contribution in [2.75, 3.05) is 5.94 Å². The third-order valence-corrected chi connectivity index (χ3v) is 2.23. The van der Waals surface area contributed by atoms with E-state index >= 15 is 0 Å². The first-order valence-corrected chi connectivity index (χ1v) is 3.91. The maximum absolute atomic E-state index is 10.7. The molecular formula is C7H5O2S. The largest absolute Gasteiger partial charge is 0.481 e. The van der Waals surface area contributed by atoms with Gasteiger partial charge in [0.1, 0.15) is 11.7 Å². The molecule has 0 aliphatic carbocycles. The molecule has 0 unspecified atom stereocenters. The van der Waals surface area contributed by atoms with Gasteiger partial charge < -0.3 is 4.74 Å². The van der Waals surface area contributed by atoms with Gasteiger partial charge in [-0.25, -0.2) is 0 Å². The Kier molecular flexibility index (Phi) is 1.24. The third kappa shape index (κ3) is 0.827. The summed E-state index contributed by atoms with van der Waals surface area (Å²) in [6.07, 6.45) is 0. The molecule has 1 heterocycles. The highest BCUT2D eigenvalue weighted by Gasteiger charge is 2.12. The van der Waals surface area contributed by atoms with Crippen LogP contribution in [0.25, 0.3) is 0 Å². The molecule has 10 heavy (non-hydrogen) atoms. The Balaban J connectivity index is 2.52. The van der Waals surface area contributed by atoms with Crippen molar-refractivity contribution in [2.24, 2.45) is 0 Å². The summed E-state index contributed by atoms with van der Waals surface area (Å²) in [6, 6.07) is 4.88. The molecule has 0 amide bonds. The Bertz CT molecular complexity index is 260. The quantitative estimate of drug-likeness (QED) is 0.572. The Morgan fingerprint density at radius 2 is 2.40 bits per heavy atom. The molecule has 0 aromatic heterocycles. The minimum Gasteiger partial charge on any atom is -0.481 e. The summed E-state index contributed by atoms with van der Waals surface area (Å²) in [5.41, 5.74) is 0. The highest BCUT2D eigenvalue weighted by Crippen LogP contribution is 2.37. The van der Waals surface area contributed by atoms with Crippen LogP contribution in [-0.4, -0.2) is 5.94 Å². The Labute approximate surface area is 62.8 Å². The van der Waals surface area contributed by atoms with Gasteiger partial charge in [-0.1, -0.05) is 11.8 Å². The molecule has 0 saturated heterocycles. The van der Waals surface area contributed by atoms with E-state index in [2.05, 4.69) is 0 Å². The highest BCUT2D eigenvalue weighted by atomic mass is 32.2. The third-order valence-electron chi connectivity index (χ3n) is 1.34. The average molecular weight is 153 g/mol. The first-order valence-electron chi connectivity index (χ1n) is 2.93. The second-order valence-corrected chi connectivity index (χ2v) is 2.98. The second kappa shape index (κ2) is 2.09. The van der Waals surface area contributed by atoms with Gasteiger partial charge in [-0.3, -0.25) is 5.11 Å². The first-order chi connectivity index (χ1) is 4.86. The van der Waals surface area contributed by atoms with Crippen molar-refractivity contribution in [3.05, 3.63) is 18.2 Å². The van der Waals surface area contributed by atoms with Gasteiger partial charge in [0.2, 0.25) is 0 Å². The van der Waals surface area contributed by atoms with E-state index in [1.807, 2.05) is 0 Å². The van der Waals surface area contributed by atoms with Gasteiger partial charge in [-0.15, -0.1) is 0 Å². The fourth-order valence-electron chi connectivity index (χ4n) is 0.877. The maximum Gasteiger partial charge on any atom is 0.182 e. The number of hydrogen-bond acceptors (Lipinski definition) is 2. The van der Waals surface area contributed by atoms with Crippen LogP contribution in [0.3, 0.4) is 0 Å². The van der Waals surface area contributed by atoms with Crippen molar-refractivity contribution in [2.45, 2.75) is 4.90 Å². The predicted octanol–water partition coefficient (Wildman–Crippen LogP) is 2.27. The molecule has 0 spiro atoms. The fourth-order valence-corrected chi connectivity index (χ4v) is 1.61. The summed E-state index contributed by atoms with van der Waals surface area (Å²) in [5, 5.41) is 10.7. The van der Waals surface area contributed by atoms with E-state index in [0.717, 1.165) is 10.6 Å². The average Bonchev–Trinajstić information content (AvgIpc) is 2.33. The van der Waals surface area contributed by atoms with Crippen LogP contribution in [0.5, 0.6) is 11.5 Å². The van der Waals surface area contributed by atoms with E-state index in [0.29, 0.717) is 5.94 Å². The monoisotopic (exact) mass is 153 g/mol. The van der Waals surface area contributed by atoms with Crippen LogP contribution in [0.2, 0.25) is 0 Å². The molecule has 1 radical (unpaired) electrons. The molecule has 1 aromatic rings. The van der Waals surface area contributed by atoms with Crippen LogP contribution in [0.4, 0.5) is 0 Å². The Morgan fingerprint density at radius 1 is 1.50 bits per heavy atom. The SMILES string of the molecule is [O]c1ccc2c(c1)OCS2. The van der Waals surface area contributed by atoms with Crippen LogP contribution in [-0.2, 0) is 5.11 Å². The molecule has 0 N–H and O–H groups in total. The van der Waals surface area contributed by atoms with E-state index < -0.39 is 0 Å². The number of ether oxygens (including phenoxy) is 1. The lowest BCUT2D eigenvalue weighted by atomic mass is 10.3. The molecule has 2 rings (SSSR count). The molecule has 0 atom stereocenters. The molecule has 0 saturated carbocycles. The number of rotatable bonds is 0. The lowest BCUT2D eigenvalue weighted by molar-refractivity contribution is 0.346. The zero-order valence-corrected chi connectivity index (χ0v) is 5.98. The van der Waals surface area contributed by atoms with E-state index in [1.54, 1.807) is 23.9 Å².